The zero-order valence-corrected chi connectivity index (χ0v) is 18.6. The van der Waals surface area contributed by atoms with Crippen molar-refractivity contribution in [3.05, 3.63) is 87.3 Å². The highest BCUT2D eigenvalue weighted by Crippen LogP contribution is 2.36. The topological polar surface area (TPSA) is 58.9 Å². The van der Waals surface area contributed by atoms with Crippen molar-refractivity contribution in [2.45, 2.75) is 32.4 Å². The van der Waals surface area contributed by atoms with Crippen LogP contribution in [0.3, 0.4) is 0 Å². The Morgan fingerprint density at radius 1 is 0.938 bits per heavy atom. The van der Waals surface area contributed by atoms with Gasteiger partial charge in [-0.1, -0.05) is 41.9 Å². The third kappa shape index (κ3) is 6.05. The maximum atomic E-state index is 12.5. The molecule has 0 radical (unpaired) electrons. The molecule has 0 fully saturated rings. The van der Waals surface area contributed by atoms with E-state index in [0.29, 0.717) is 42.0 Å². The van der Waals surface area contributed by atoms with Gasteiger partial charge in [0.25, 0.3) is 5.56 Å². The molecule has 32 heavy (non-hydrogen) atoms. The second-order valence-corrected chi connectivity index (χ2v) is 7.98. The Morgan fingerprint density at radius 3 is 2.53 bits per heavy atom. The fourth-order valence-electron chi connectivity index (χ4n) is 3.41. The van der Waals surface area contributed by atoms with Crippen LogP contribution in [0.2, 0.25) is 5.02 Å². The molecule has 1 aliphatic heterocycles. The molecule has 168 valence electrons. The van der Waals surface area contributed by atoms with Gasteiger partial charge in [0, 0.05) is 30.0 Å². The molecule has 7 heteroatoms. The highest BCUT2D eigenvalue weighted by atomic mass is 35.5. The van der Waals surface area contributed by atoms with Crippen LogP contribution >= 0.6 is 11.6 Å². The first kappa shape index (κ1) is 22.2. The standard InChI is InChI=1S/C25H26ClNO5/c26-22-15-24-23(31-18-32-24)13-20(22)16-27-10-9-21(14-25(27)28)30-12-6-2-5-11-29-17-19-7-3-1-4-8-19/h1,3-4,7-10,13-15H,2,5-6,11-12,16-18H2. The predicted molar refractivity (Wildman–Crippen MR) is 123 cm³/mol. The number of halogens is 1. The summed E-state index contributed by atoms with van der Waals surface area (Å²) >= 11 is 6.32. The van der Waals surface area contributed by atoms with Crippen molar-refractivity contribution >= 4 is 11.6 Å². The lowest BCUT2D eigenvalue weighted by molar-refractivity contribution is 0.116. The molecule has 2 heterocycles. The van der Waals surface area contributed by atoms with Crippen LogP contribution in [0, 0.1) is 0 Å². The average Bonchev–Trinajstić information content (AvgIpc) is 3.25. The lowest BCUT2D eigenvalue weighted by Crippen LogP contribution is -2.19. The van der Waals surface area contributed by atoms with Crippen molar-refractivity contribution in [3.8, 4) is 17.2 Å². The zero-order chi connectivity index (χ0) is 22.2. The molecule has 1 aromatic heterocycles. The SMILES string of the molecule is O=c1cc(OCCCCCOCc2ccccc2)ccn1Cc1cc2c(cc1Cl)OCO2. The van der Waals surface area contributed by atoms with E-state index in [-0.39, 0.29) is 12.4 Å². The number of ether oxygens (including phenoxy) is 4. The van der Waals surface area contributed by atoms with E-state index in [1.165, 1.54) is 11.6 Å². The van der Waals surface area contributed by atoms with Crippen LogP contribution in [0.15, 0.2) is 65.6 Å². The third-order valence-corrected chi connectivity index (χ3v) is 5.52. The first-order valence-electron chi connectivity index (χ1n) is 10.7. The van der Waals surface area contributed by atoms with Gasteiger partial charge in [-0.3, -0.25) is 4.79 Å². The van der Waals surface area contributed by atoms with Crippen molar-refractivity contribution in [3.63, 3.8) is 0 Å². The molecule has 0 atom stereocenters. The number of fused-ring (bicyclic) bond motifs is 1. The first-order chi connectivity index (χ1) is 15.7. The minimum absolute atomic E-state index is 0.148. The van der Waals surface area contributed by atoms with E-state index in [1.54, 1.807) is 22.9 Å². The normalized spacial score (nSPS) is 12.2. The third-order valence-electron chi connectivity index (χ3n) is 5.16. The van der Waals surface area contributed by atoms with E-state index in [1.807, 2.05) is 24.3 Å². The van der Waals surface area contributed by atoms with Gasteiger partial charge in [-0.2, -0.15) is 0 Å². The summed E-state index contributed by atoms with van der Waals surface area (Å²) in [6.07, 6.45) is 4.61. The van der Waals surface area contributed by atoms with Gasteiger partial charge in [-0.15, -0.1) is 0 Å². The molecule has 4 rings (SSSR count). The van der Waals surface area contributed by atoms with Crippen LogP contribution in [0.25, 0.3) is 0 Å². The van der Waals surface area contributed by atoms with Gasteiger partial charge in [0.05, 0.1) is 19.8 Å². The Hall–Kier alpha value is -2.96. The molecule has 0 spiro atoms. The lowest BCUT2D eigenvalue weighted by Gasteiger charge is -2.11. The second kappa shape index (κ2) is 11.1. The van der Waals surface area contributed by atoms with Crippen LogP contribution in [0.5, 0.6) is 17.2 Å². The number of aromatic nitrogens is 1. The Labute approximate surface area is 192 Å². The Morgan fingerprint density at radius 2 is 1.72 bits per heavy atom. The van der Waals surface area contributed by atoms with E-state index in [9.17, 15) is 4.79 Å². The number of pyridine rings is 1. The van der Waals surface area contributed by atoms with Gasteiger partial charge >= 0.3 is 0 Å². The van der Waals surface area contributed by atoms with Gasteiger partial charge in [0.2, 0.25) is 6.79 Å². The van der Waals surface area contributed by atoms with Crippen LogP contribution in [0.4, 0.5) is 0 Å². The average molecular weight is 456 g/mol. The summed E-state index contributed by atoms with van der Waals surface area (Å²) in [5.74, 6) is 1.84. The fraction of sp³-hybridized carbons (Fsp3) is 0.320. The minimum atomic E-state index is -0.148. The molecule has 0 amide bonds. The number of benzene rings is 2. The summed E-state index contributed by atoms with van der Waals surface area (Å²) in [5, 5.41) is 0.536. The molecule has 6 nitrogen and oxygen atoms in total. The largest absolute Gasteiger partial charge is 0.493 e. The molecule has 0 saturated carbocycles. The second-order valence-electron chi connectivity index (χ2n) is 7.57. The number of unbranched alkanes of at least 4 members (excludes halogenated alkanes) is 2. The monoisotopic (exact) mass is 455 g/mol. The number of hydrogen-bond acceptors (Lipinski definition) is 5. The molecule has 0 N–H and O–H groups in total. The van der Waals surface area contributed by atoms with Crippen LogP contribution in [0.1, 0.15) is 30.4 Å². The minimum Gasteiger partial charge on any atom is -0.493 e. The summed E-state index contributed by atoms with van der Waals surface area (Å²) in [7, 11) is 0. The van der Waals surface area contributed by atoms with Gasteiger partial charge in [-0.05, 0) is 42.5 Å². The van der Waals surface area contributed by atoms with Gasteiger partial charge < -0.3 is 23.5 Å². The zero-order valence-electron chi connectivity index (χ0n) is 17.8. The summed E-state index contributed by atoms with van der Waals surface area (Å²) < 4.78 is 23.7. The van der Waals surface area contributed by atoms with Crippen molar-refractivity contribution < 1.29 is 18.9 Å². The number of rotatable bonds is 11. The van der Waals surface area contributed by atoms with Crippen molar-refractivity contribution in [2.24, 2.45) is 0 Å². The van der Waals surface area contributed by atoms with E-state index in [2.05, 4.69) is 12.1 Å². The number of hydrogen-bond donors (Lipinski definition) is 0. The summed E-state index contributed by atoms with van der Waals surface area (Å²) in [6.45, 7) is 2.47. The van der Waals surface area contributed by atoms with Gasteiger partial charge in [0.15, 0.2) is 11.5 Å². The maximum absolute atomic E-state index is 12.5. The highest BCUT2D eigenvalue weighted by molar-refractivity contribution is 6.31. The Kier molecular flexibility index (Phi) is 7.69. The quantitative estimate of drug-likeness (QED) is 0.379. The molecule has 0 aliphatic carbocycles. The van der Waals surface area contributed by atoms with Crippen LogP contribution in [-0.4, -0.2) is 24.6 Å². The first-order valence-corrected chi connectivity index (χ1v) is 11.1. The van der Waals surface area contributed by atoms with Crippen molar-refractivity contribution in [1.82, 2.24) is 4.57 Å². The molecular weight excluding hydrogens is 430 g/mol. The Bertz CT molecular complexity index is 1080. The van der Waals surface area contributed by atoms with Crippen molar-refractivity contribution in [1.29, 1.82) is 0 Å². The summed E-state index contributed by atoms with van der Waals surface area (Å²) in [6, 6.07) is 17.0. The molecular formula is C25H26ClNO5. The highest BCUT2D eigenvalue weighted by Gasteiger charge is 2.17. The van der Waals surface area contributed by atoms with E-state index < -0.39 is 0 Å². The van der Waals surface area contributed by atoms with Gasteiger partial charge in [-0.25, -0.2) is 0 Å². The fourth-order valence-corrected chi connectivity index (χ4v) is 3.62. The van der Waals surface area contributed by atoms with E-state index in [0.717, 1.165) is 31.4 Å². The number of nitrogens with zero attached hydrogens (tertiary/aromatic N) is 1. The molecule has 0 bridgehead atoms. The van der Waals surface area contributed by atoms with E-state index >= 15 is 0 Å². The summed E-state index contributed by atoms with van der Waals surface area (Å²) in [4.78, 5) is 12.5. The smallest absolute Gasteiger partial charge is 0.254 e. The van der Waals surface area contributed by atoms with Crippen LogP contribution < -0.4 is 19.8 Å². The van der Waals surface area contributed by atoms with E-state index in [4.69, 9.17) is 30.5 Å². The molecule has 2 aromatic carbocycles. The molecule has 1 aliphatic rings. The Balaban J connectivity index is 1.17. The summed E-state index contributed by atoms with van der Waals surface area (Å²) in [5.41, 5.74) is 1.83. The van der Waals surface area contributed by atoms with Gasteiger partial charge in [0.1, 0.15) is 5.75 Å². The lowest BCUT2D eigenvalue weighted by atomic mass is 10.2. The molecule has 0 saturated heterocycles. The maximum Gasteiger partial charge on any atom is 0.254 e. The van der Waals surface area contributed by atoms with Crippen molar-refractivity contribution in [2.75, 3.05) is 20.0 Å². The predicted octanol–water partition coefficient (Wildman–Crippen LogP) is 5.04. The molecule has 3 aromatic rings. The molecule has 0 unspecified atom stereocenters. The van der Waals surface area contributed by atoms with Crippen LogP contribution in [-0.2, 0) is 17.9 Å².